The van der Waals surface area contributed by atoms with Crippen LogP contribution >= 0.6 is 23.2 Å². The predicted molar refractivity (Wildman–Crippen MR) is 77.5 cm³/mol. The number of likely N-dealkylation sites (N-methyl/N-ethyl adjacent to an activating group) is 1. The van der Waals surface area contributed by atoms with E-state index in [9.17, 15) is 0 Å². The van der Waals surface area contributed by atoms with Crippen LogP contribution in [0.5, 0.6) is 0 Å². The standard InChI is InChI=1S/C13H20Cl2N2O/c1-17(2)4-6-18-5-3-16-10-11-7-12(14)9-13(15)8-11/h7-9,16H,3-6,10H2,1-2H3. The van der Waals surface area contributed by atoms with Crippen LogP contribution in [0.1, 0.15) is 5.56 Å². The molecule has 0 atom stereocenters. The Hall–Kier alpha value is -0.320. The van der Waals surface area contributed by atoms with Crippen LogP contribution in [0.15, 0.2) is 18.2 Å². The van der Waals surface area contributed by atoms with Crippen LogP contribution in [-0.4, -0.2) is 45.3 Å². The lowest BCUT2D eigenvalue weighted by Gasteiger charge is -2.10. The van der Waals surface area contributed by atoms with E-state index in [2.05, 4.69) is 10.2 Å². The highest BCUT2D eigenvalue weighted by Crippen LogP contribution is 2.18. The van der Waals surface area contributed by atoms with Crippen molar-refractivity contribution in [1.82, 2.24) is 10.2 Å². The number of hydrogen-bond donors (Lipinski definition) is 1. The van der Waals surface area contributed by atoms with E-state index in [0.29, 0.717) is 16.7 Å². The third-order valence-electron chi connectivity index (χ3n) is 2.36. The first-order valence-corrected chi connectivity index (χ1v) is 6.71. The van der Waals surface area contributed by atoms with Gasteiger partial charge in [-0.05, 0) is 37.9 Å². The van der Waals surface area contributed by atoms with Crippen molar-refractivity contribution >= 4 is 23.2 Å². The van der Waals surface area contributed by atoms with Gasteiger partial charge >= 0.3 is 0 Å². The lowest BCUT2D eigenvalue weighted by atomic mass is 10.2. The van der Waals surface area contributed by atoms with Crippen LogP contribution in [0.25, 0.3) is 0 Å². The van der Waals surface area contributed by atoms with Crippen molar-refractivity contribution in [2.24, 2.45) is 0 Å². The quantitative estimate of drug-likeness (QED) is 0.745. The molecule has 0 heterocycles. The maximum Gasteiger partial charge on any atom is 0.0593 e. The highest BCUT2D eigenvalue weighted by Gasteiger charge is 1.98. The summed E-state index contributed by atoms with van der Waals surface area (Å²) < 4.78 is 5.47. The maximum atomic E-state index is 5.92. The summed E-state index contributed by atoms with van der Waals surface area (Å²) in [6.45, 7) is 3.98. The maximum absolute atomic E-state index is 5.92. The zero-order valence-corrected chi connectivity index (χ0v) is 12.4. The summed E-state index contributed by atoms with van der Waals surface area (Å²) >= 11 is 11.8. The van der Waals surface area contributed by atoms with Crippen molar-refractivity contribution in [3.8, 4) is 0 Å². The molecule has 0 fully saturated rings. The summed E-state index contributed by atoms with van der Waals surface area (Å²) in [7, 11) is 4.06. The normalized spacial score (nSPS) is 11.2. The number of nitrogens with one attached hydrogen (secondary N) is 1. The minimum Gasteiger partial charge on any atom is -0.379 e. The van der Waals surface area contributed by atoms with Gasteiger partial charge < -0.3 is 15.0 Å². The smallest absolute Gasteiger partial charge is 0.0593 e. The number of ether oxygens (including phenoxy) is 1. The van der Waals surface area contributed by atoms with Gasteiger partial charge in [0.25, 0.3) is 0 Å². The molecule has 1 N–H and O–H groups in total. The molecular formula is C13H20Cl2N2O. The van der Waals surface area contributed by atoms with Crippen molar-refractivity contribution in [2.75, 3.05) is 40.4 Å². The molecule has 1 aromatic rings. The predicted octanol–water partition coefficient (Wildman–Crippen LogP) is 2.66. The molecule has 1 rings (SSSR count). The van der Waals surface area contributed by atoms with E-state index in [1.165, 1.54) is 0 Å². The Labute approximate surface area is 119 Å². The molecule has 0 saturated heterocycles. The lowest BCUT2D eigenvalue weighted by Crippen LogP contribution is -2.23. The van der Waals surface area contributed by atoms with Crippen LogP contribution in [0.2, 0.25) is 10.0 Å². The molecule has 102 valence electrons. The van der Waals surface area contributed by atoms with E-state index >= 15 is 0 Å². The Morgan fingerprint density at radius 3 is 2.39 bits per heavy atom. The zero-order valence-electron chi connectivity index (χ0n) is 10.9. The molecule has 0 aliphatic rings. The second kappa shape index (κ2) is 8.73. The van der Waals surface area contributed by atoms with E-state index in [1.54, 1.807) is 6.07 Å². The SMILES string of the molecule is CN(C)CCOCCNCc1cc(Cl)cc(Cl)c1. The van der Waals surface area contributed by atoms with Gasteiger partial charge in [0, 0.05) is 29.7 Å². The molecule has 0 radical (unpaired) electrons. The van der Waals surface area contributed by atoms with Crippen molar-refractivity contribution in [3.05, 3.63) is 33.8 Å². The van der Waals surface area contributed by atoms with Crippen LogP contribution in [-0.2, 0) is 11.3 Å². The Morgan fingerprint density at radius 1 is 1.11 bits per heavy atom. The first kappa shape index (κ1) is 15.7. The van der Waals surface area contributed by atoms with Gasteiger partial charge in [0.05, 0.1) is 13.2 Å². The van der Waals surface area contributed by atoms with Gasteiger partial charge in [-0.1, -0.05) is 23.2 Å². The van der Waals surface area contributed by atoms with Gasteiger partial charge in [0.1, 0.15) is 0 Å². The highest BCUT2D eigenvalue weighted by molar-refractivity contribution is 6.34. The van der Waals surface area contributed by atoms with Gasteiger partial charge in [-0.2, -0.15) is 0 Å². The summed E-state index contributed by atoms with van der Waals surface area (Å²) in [5.41, 5.74) is 1.08. The molecular weight excluding hydrogens is 271 g/mol. The first-order valence-electron chi connectivity index (χ1n) is 5.96. The lowest BCUT2D eigenvalue weighted by molar-refractivity contribution is 0.119. The van der Waals surface area contributed by atoms with E-state index in [1.807, 2.05) is 26.2 Å². The largest absolute Gasteiger partial charge is 0.379 e. The van der Waals surface area contributed by atoms with Crippen molar-refractivity contribution in [1.29, 1.82) is 0 Å². The number of rotatable bonds is 8. The number of nitrogens with zero attached hydrogens (tertiary/aromatic N) is 1. The van der Waals surface area contributed by atoms with E-state index in [-0.39, 0.29) is 0 Å². The molecule has 0 aromatic heterocycles. The average molecular weight is 291 g/mol. The molecule has 5 heteroatoms. The molecule has 0 spiro atoms. The minimum atomic E-state index is 0.668. The van der Waals surface area contributed by atoms with Crippen LogP contribution < -0.4 is 5.32 Å². The number of benzene rings is 1. The summed E-state index contributed by atoms with van der Waals surface area (Å²) in [6.07, 6.45) is 0. The average Bonchev–Trinajstić information content (AvgIpc) is 2.26. The summed E-state index contributed by atoms with van der Waals surface area (Å²) in [6, 6.07) is 5.55. The number of halogens is 2. The van der Waals surface area contributed by atoms with E-state index in [0.717, 1.165) is 31.8 Å². The van der Waals surface area contributed by atoms with Gasteiger partial charge in [-0.15, -0.1) is 0 Å². The van der Waals surface area contributed by atoms with Crippen molar-refractivity contribution < 1.29 is 4.74 Å². The molecule has 0 unspecified atom stereocenters. The molecule has 18 heavy (non-hydrogen) atoms. The van der Waals surface area contributed by atoms with Crippen LogP contribution in [0.3, 0.4) is 0 Å². The Kier molecular flexibility index (Phi) is 7.63. The topological polar surface area (TPSA) is 24.5 Å². The molecule has 0 amide bonds. The second-order valence-corrected chi connectivity index (χ2v) is 5.24. The molecule has 0 aliphatic heterocycles. The molecule has 3 nitrogen and oxygen atoms in total. The second-order valence-electron chi connectivity index (χ2n) is 4.37. The highest BCUT2D eigenvalue weighted by atomic mass is 35.5. The third kappa shape index (κ3) is 7.19. The monoisotopic (exact) mass is 290 g/mol. The fraction of sp³-hybridized carbons (Fsp3) is 0.538. The molecule has 0 saturated carbocycles. The van der Waals surface area contributed by atoms with Crippen LogP contribution in [0.4, 0.5) is 0 Å². The Balaban J connectivity index is 2.10. The van der Waals surface area contributed by atoms with Crippen LogP contribution in [0, 0.1) is 0 Å². The van der Waals surface area contributed by atoms with Crippen molar-refractivity contribution in [2.45, 2.75) is 6.54 Å². The molecule has 0 bridgehead atoms. The van der Waals surface area contributed by atoms with Crippen molar-refractivity contribution in [3.63, 3.8) is 0 Å². The van der Waals surface area contributed by atoms with E-state index in [4.69, 9.17) is 27.9 Å². The third-order valence-corrected chi connectivity index (χ3v) is 2.79. The zero-order chi connectivity index (χ0) is 13.4. The van der Waals surface area contributed by atoms with Gasteiger partial charge in [-0.25, -0.2) is 0 Å². The van der Waals surface area contributed by atoms with Gasteiger partial charge in [-0.3, -0.25) is 0 Å². The Bertz CT molecular complexity index is 339. The fourth-order valence-electron chi connectivity index (χ4n) is 1.44. The summed E-state index contributed by atoms with van der Waals surface area (Å²) in [5, 5.41) is 4.62. The fourth-order valence-corrected chi connectivity index (χ4v) is 2.01. The molecule has 0 aliphatic carbocycles. The van der Waals surface area contributed by atoms with Gasteiger partial charge in [0.15, 0.2) is 0 Å². The summed E-state index contributed by atoms with van der Waals surface area (Å²) in [5.74, 6) is 0. The molecule has 1 aromatic carbocycles. The first-order chi connectivity index (χ1) is 8.58. The number of hydrogen-bond acceptors (Lipinski definition) is 3. The minimum absolute atomic E-state index is 0.668. The van der Waals surface area contributed by atoms with E-state index < -0.39 is 0 Å². The summed E-state index contributed by atoms with van der Waals surface area (Å²) in [4.78, 5) is 2.10. The Morgan fingerprint density at radius 2 is 1.78 bits per heavy atom. The van der Waals surface area contributed by atoms with Gasteiger partial charge in [0.2, 0.25) is 0 Å².